The molecule has 0 aliphatic carbocycles. The van der Waals surface area contributed by atoms with E-state index in [0.717, 1.165) is 21.5 Å². The normalized spacial score (nSPS) is 15.4. The second-order valence-electron chi connectivity index (χ2n) is 7.72. The Morgan fingerprint density at radius 2 is 1.82 bits per heavy atom. The largest absolute Gasteiger partial charge is 0.494 e. The van der Waals surface area contributed by atoms with Crippen LogP contribution in [0.5, 0.6) is 5.75 Å². The first-order valence-corrected chi connectivity index (χ1v) is 11.4. The first-order chi connectivity index (χ1) is 16.2. The number of hydrogen-bond donors (Lipinski definition) is 0. The van der Waals surface area contributed by atoms with Crippen molar-refractivity contribution in [3.8, 4) is 5.75 Å². The number of anilines is 1. The van der Waals surface area contributed by atoms with Gasteiger partial charge in [-0.05, 0) is 42.8 Å². The highest BCUT2D eigenvalue weighted by Crippen LogP contribution is 2.43. The molecule has 2 aromatic heterocycles. The van der Waals surface area contributed by atoms with Crippen LogP contribution < -0.4 is 15.1 Å². The second kappa shape index (κ2) is 7.56. The van der Waals surface area contributed by atoms with Crippen molar-refractivity contribution >= 4 is 43.6 Å². The third-order valence-corrected chi connectivity index (χ3v) is 6.78. The van der Waals surface area contributed by atoms with Crippen molar-refractivity contribution in [2.45, 2.75) is 13.0 Å². The molecular formula is C26H18N2O4S. The zero-order valence-electron chi connectivity index (χ0n) is 17.6. The molecule has 0 radical (unpaired) electrons. The van der Waals surface area contributed by atoms with Gasteiger partial charge in [-0.1, -0.05) is 53.8 Å². The maximum Gasteiger partial charge on any atom is 0.297 e. The van der Waals surface area contributed by atoms with E-state index in [1.54, 1.807) is 29.2 Å². The van der Waals surface area contributed by atoms with Crippen molar-refractivity contribution in [1.82, 2.24) is 4.98 Å². The smallest absolute Gasteiger partial charge is 0.297 e. The molecule has 0 fully saturated rings. The predicted molar refractivity (Wildman–Crippen MR) is 128 cm³/mol. The average Bonchev–Trinajstić information content (AvgIpc) is 3.38. The van der Waals surface area contributed by atoms with E-state index < -0.39 is 6.04 Å². The molecule has 0 bridgehead atoms. The number of carbonyl (C=O) groups excluding carboxylic acids is 1. The minimum atomic E-state index is -0.624. The van der Waals surface area contributed by atoms with Gasteiger partial charge in [0.25, 0.3) is 5.91 Å². The van der Waals surface area contributed by atoms with Crippen molar-refractivity contribution in [2.75, 3.05) is 11.5 Å². The Morgan fingerprint density at radius 1 is 1.03 bits per heavy atom. The van der Waals surface area contributed by atoms with Gasteiger partial charge in [0.05, 0.1) is 33.8 Å². The van der Waals surface area contributed by atoms with Crippen molar-refractivity contribution in [2.24, 2.45) is 0 Å². The van der Waals surface area contributed by atoms with Gasteiger partial charge in [0.15, 0.2) is 10.6 Å². The van der Waals surface area contributed by atoms with Gasteiger partial charge in [-0.25, -0.2) is 4.98 Å². The fourth-order valence-electron chi connectivity index (χ4n) is 4.32. The molecule has 1 amide bonds. The number of aromatic nitrogens is 1. The average molecular weight is 455 g/mol. The summed E-state index contributed by atoms with van der Waals surface area (Å²) in [6, 6.07) is 21.6. The van der Waals surface area contributed by atoms with Crippen LogP contribution in [0.1, 0.15) is 34.6 Å². The molecule has 0 spiro atoms. The number of nitrogens with zero attached hydrogens (tertiary/aromatic N) is 2. The van der Waals surface area contributed by atoms with E-state index in [-0.39, 0.29) is 17.1 Å². The van der Waals surface area contributed by atoms with Crippen LogP contribution in [0.25, 0.3) is 21.2 Å². The van der Waals surface area contributed by atoms with Crippen LogP contribution in [0.3, 0.4) is 0 Å². The first kappa shape index (κ1) is 19.7. The molecule has 0 saturated heterocycles. The zero-order chi connectivity index (χ0) is 22.5. The van der Waals surface area contributed by atoms with Crippen molar-refractivity contribution in [1.29, 1.82) is 0 Å². The van der Waals surface area contributed by atoms with E-state index in [1.807, 2.05) is 55.5 Å². The lowest BCUT2D eigenvalue weighted by molar-refractivity contribution is 0.0971. The number of hydrogen-bond acceptors (Lipinski definition) is 6. The Labute approximate surface area is 192 Å². The topological polar surface area (TPSA) is 72.6 Å². The van der Waals surface area contributed by atoms with Crippen LogP contribution in [-0.2, 0) is 0 Å². The Bertz CT molecular complexity index is 1590. The monoisotopic (exact) mass is 454 g/mol. The summed E-state index contributed by atoms with van der Waals surface area (Å²) < 4.78 is 12.5. The van der Waals surface area contributed by atoms with Gasteiger partial charge in [0.1, 0.15) is 11.3 Å². The van der Waals surface area contributed by atoms with Gasteiger partial charge in [0.2, 0.25) is 5.76 Å². The number of ether oxygens (including phenoxy) is 1. The summed E-state index contributed by atoms with van der Waals surface area (Å²) in [5, 5.41) is 0.963. The number of fused-ring (bicyclic) bond motifs is 3. The fraction of sp³-hybridized carbons (Fsp3) is 0.115. The van der Waals surface area contributed by atoms with Crippen molar-refractivity contribution in [3.63, 3.8) is 0 Å². The SMILES string of the molecule is CCOc1ccc2nc(N3C(=O)c4oc5ccccc5c(=O)c4C3c3ccccc3)sc2c1. The standard InChI is InChI=1S/C26H18N2O4S/c1-2-31-16-12-13-18-20(14-16)33-26(27-18)28-22(15-8-4-3-5-9-15)21-23(29)17-10-6-7-11-19(17)32-24(21)25(28)30/h3-14,22H,2H2,1H3. The highest BCUT2D eigenvalue weighted by molar-refractivity contribution is 7.22. The molecule has 6 nitrogen and oxygen atoms in total. The van der Waals surface area contributed by atoms with Crippen LogP contribution >= 0.6 is 11.3 Å². The molecule has 33 heavy (non-hydrogen) atoms. The quantitative estimate of drug-likeness (QED) is 0.356. The Hall–Kier alpha value is -3.97. The molecule has 6 rings (SSSR count). The summed E-state index contributed by atoms with van der Waals surface area (Å²) in [4.78, 5) is 33.5. The molecule has 1 unspecified atom stereocenters. The lowest BCUT2D eigenvalue weighted by atomic mass is 9.99. The highest BCUT2D eigenvalue weighted by Gasteiger charge is 2.44. The van der Waals surface area contributed by atoms with Gasteiger partial charge in [-0.2, -0.15) is 0 Å². The maximum atomic E-state index is 13.7. The minimum absolute atomic E-state index is 0.0711. The molecule has 1 atom stereocenters. The van der Waals surface area contributed by atoms with Crippen molar-refractivity contribution in [3.05, 3.63) is 99.9 Å². The zero-order valence-corrected chi connectivity index (χ0v) is 18.5. The third-order valence-electron chi connectivity index (χ3n) is 5.76. The van der Waals surface area contributed by atoms with Crippen LogP contribution in [0.2, 0.25) is 0 Å². The van der Waals surface area contributed by atoms with Crippen molar-refractivity contribution < 1.29 is 13.9 Å². The molecule has 1 aliphatic heterocycles. The fourth-order valence-corrected chi connectivity index (χ4v) is 5.34. The first-order valence-electron chi connectivity index (χ1n) is 10.6. The maximum absolute atomic E-state index is 13.7. The summed E-state index contributed by atoms with van der Waals surface area (Å²) in [5.41, 5.74) is 2.13. The van der Waals surface area contributed by atoms with E-state index in [9.17, 15) is 9.59 Å². The lowest BCUT2D eigenvalue weighted by Gasteiger charge is -2.22. The third kappa shape index (κ3) is 3.04. The molecule has 0 N–H and O–H groups in total. The Kier molecular flexibility index (Phi) is 4.52. The number of rotatable bonds is 4. The number of carbonyl (C=O) groups is 1. The Balaban J connectivity index is 1.58. The molecule has 1 aliphatic rings. The van der Waals surface area contributed by atoms with E-state index >= 15 is 0 Å². The Morgan fingerprint density at radius 3 is 2.64 bits per heavy atom. The molecule has 0 saturated carbocycles. The predicted octanol–water partition coefficient (Wildman–Crippen LogP) is 5.55. The van der Waals surface area contributed by atoms with E-state index in [1.165, 1.54) is 11.3 Å². The van der Waals surface area contributed by atoms with Gasteiger partial charge in [-0.3, -0.25) is 14.5 Å². The van der Waals surface area contributed by atoms with E-state index in [0.29, 0.717) is 28.3 Å². The summed E-state index contributed by atoms with van der Waals surface area (Å²) >= 11 is 1.39. The molecule has 3 heterocycles. The molecule has 7 heteroatoms. The van der Waals surface area contributed by atoms with Crippen LogP contribution in [0, 0.1) is 0 Å². The molecule has 162 valence electrons. The number of amides is 1. The number of para-hydroxylation sites is 1. The van der Waals surface area contributed by atoms with Crippen LogP contribution in [0.15, 0.2) is 82.0 Å². The van der Waals surface area contributed by atoms with E-state index in [4.69, 9.17) is 14.1 Å². The number of benzene rings is 3. The molecule has 5 aromatic rings. The summed E-state index contributed by atoms with van der Waals surface area (Å²) in [7, 11) is 0. The lowest BCUT2D eigenvalue weighted by Crippen LogP contribution is -2.29. The van der Waals surface area contributed by atoms with Gasteiger partial charge >= 0.3 is 0 Å². The molecular weight excluding hydrogens is 436 g/mol. The highest BCUT2D eigenvalue weighted by atomic mass is 32.1. The van der Waals surface area contributed by atoms with Gasteiger partial charge in [-0.15, -0.1) is 0 Å². The van der Waals surface area contributed by atoms with E-state index in [2.05, 4.69) is 0 Å². The molecule has 3 aromatic carbocycles. The minimum Gasteiger partial charge on any atom is -0.494 e. The van der Waals surface area contributed by atoms with Gasteiger partial charge < -0.3 is 9.15 Å². The van der Waals surface area contributed by atoms with Crippen LogP contribution in [0.4, 0.5) is 5.13 Å². The summed E-state index contributed by atoms with van der Waals surface area (Å²) in [5.74, 6) is 0.451. The second-order valence-corrected chi connectivity index (χ2v) is 8.73. The summed E-state index contributed by atoms with van der Waals surface area (Å²) in [6.45, 7) is 2.50. The van der Waals surface area contributed by atoms with Gasteiger partial charge in [0, 0.05) is 0 Å². The summed E-state index contributed by atoms with van der Waals surface area (Å²) in [6.07, 6.45) is 0. The van der Waals surface area contributed by atoms with Crippen LogP contribution in [-0.4, -0.2) is 17.5 Å². The number of thiazole rings is 1.